The Hall–Kier alpha value is -2.70. The molecule has 7 nitrogen and oxygen atoms in total. The van der Waals surface area contributed by atoms with Crippen molar-refractivity contribution in [3.05, 3.63) is 36.2 Å². The van der Waals surface area contributed by atoms with Gasteiger partial charge >= 0.3 is 0 Å². The van der Waals surface area contributed by atoms with Crippen molar-refractivity contribution in [2.24, 2.45) is 0 Å². The fourth-order valence-electron chi connectivity index (χ4n) is 1.90. The Labute approximate surface area is 122 Å². The van der Waals surface area contributed by atoms with Crippen LogP contribution in [-0.4, -0.2) is 36.5 Å². The normalized spacial score (nSPS) is 10.2. The largest absolute Gasteiger partial charge is 0.493 e. The molecule has 0 aliphatic rings. The number of carbonyl (C=O) groups is 1. The van der Waals surface area contributed by atoms with Gasteiger partial charge in [-0.25, -0.2) is 0 Å². The molecule has 3 N–H and O–H groups in total. The first-order valence-electron chi connectivity index (χ1n) is 6.43. The molecule has 0 aliphatic heterocycles. The fourth-order valence-corrected chi connectivity index (χ4v) is 1.90. The van der Waals surface area contributed by atoms with E-state index in [1.807, 2.05) is 12.3 Å². The van der Waals surface area contributed by atoms with Gasteiger partial charge in [0, 0.05) is 30.7 Å². The average Bonchev–Trinajstić information content (AvgIpc) is 3.00. The second-order valence-electron chi connectivity index (χ2n) is 4.32. The highest BCUT2D eigenvalue weighted by Crippen LogP contribution is 2.31. The van der Waals surface area contributed by atoms with Crippen molar-refractivity contribution in [2.75, 3.05) is 26.5 Å². The monoisotopic (exact) mass is 290 g/mol. The molecule has 112 valence electrons. The molecule has 0 bridgehead atoms. The number of nitrogens with two attached hydrogens (primary N) is 1. The number of anilines is 1. The molecule has 0 fully saturated rings. The third kappa shape index (κ3) is 3.44. The van der Waals surface area contributed by atoms with Crippen molar-refractivity contribution in [3.63, 3.8) is 0 Å². The fraction of sp³-hybridized carbons (Fsp3) is 0.286. The van der Waals surface area contributed by atoms with E-state index in [-0.39, 0.29) is 5.91 Å². The van der Waals surface area contributed by atoms with Gasteiger partial charge in [-0.2, -0.15) is 5.10 Å². The van der Waals surface area contributed by atoms with Gasteiger partial charge in [0.2, 0.25) is 0 Å². The molecule has 2 rings (SSSR count). The Morgan fingerprint density at radius 3 is 2.67 bits per heavy atom. The molecular formula is C14H18N4O3. The number of carbonyl (C=O) groups excluding carboxylic acids is 1. The molecule has 0 radical (unpaired) electrons. The van der Waals surface area contributed by atoms with Crippen LogP contribution in [0, 0.1) is 0 Å². The first-order valence-corrected chi connectivity index (χ1v) is 6.43. The van der Waals surface area contributed by atoms with Crippen LogP contribution in [0.4, 0.5) is 5.69 Å². The summed E-state index contributed by atoms with van der Waals surface area (Å²) >= 11 is 0. The molecule has 0 unspecified atom stereocenters. The summed E-state index contributed by atoms with van der Waals surface area (Å²) in [7, 11) is 3.02. The molecule has 1 aromatic carbocycles. The number of hydrogen-bond donors (Lipinski definition) is 2. The van der Waals surface area contributed by atoms with Crippen LogP contribution in [0.2, 0.25) is 0 Å². The van der Waals surface area contributed by atoms with Gasteiger partial charge in [-0.05, 0) is 12.1 Å². The van der Waals surface area contributed by atoms with Gasteiger partial charge in [0.1, 0.15) is 0 Å². The van der Waals surface area contributed by atoms with Gasteiger partial charge in [-0.3, -0.25) is 9.48 Å². The van der Waals surface area contributed by atoms with E-state index in [0.717, 1.165) is 0 Å². The molecule has 21 heavy (non-hydrogen) atoms. The zero-order chi connectivity index (χ0) is 15.2. The highest BCUT2D eigenvalue weighted by Gasteiger charge is 2.14. The van der Waals surface area contributed by atoms with Gasteiger partial charge in [0.15, 0.2) is 11.5 Å². The molecule has 1 aromatic heterocycles. The first kappa shape index (κ1) is 14.7. The predicted octanol–water partition coefficient (Wildman–Crippen LogP) is 0.912. The van der Waals surface area contributed by atoms with Gasteiger partial charge in [0.25, 0.3) is 5.91 Å². The molecular weight excluding hydrogens is 272 g/mol. The zero-order valence-electron chi connectivity index (χ0n) is 12.0. The van der Waals surface area contributed by atoms with Crippen LogP contribution in [0.25, 0.3) is 0 Å². The van der Waals surface area contributed by atoms with Gasteiger partial charge in [-0.15, -0.1) is 0 Å². The second kappa shape index (κ2) is 6.65. The summed E-state index contributed by atoms with van der Waals surface area (Å²) in [4.78, 5) is 12.1. The van der Waals surface area contributed by atoms with Crippen LogP contribution >= 0.6 is 0 Å². The van der Waals surface area contributed by atoms with Gasteiger partial charge < -0.3 is 20.5 Å². The Balaban J connectivity index is 2.04. The van der Waals surface area contributed by atoms with Crippen molar-refractivity contribution in [1.82, 2.24) is 15.1 Å². The van der Waals surface area contributed by atoms with E-state index in [4.69, 9.17) is 15.2 Å². The lowest BCUT2D eigenvalue weighted by Gasteiger charge is -2.12. The van der Waals surface area contributed by atoms with Crippen molar-refractivity contribution in [3.8, 4) is 11.5 Å². The highest BCUT2D eigenvalue weighted by molar-refractivity contribution is 6.00. The van der Waals surface area contributed by atoms with Crippen LogP contribution in [0.5, 0.6) is 11.5 Å². The first-order chi connectivity index (χ1) is 10.2. The summed E-state index contributed by atoms with van der Waals surface area (Å²) in [6.07, 6.45) is 3.52. The van der Waals surface area contributed by atoms with Gasteiger partial charge in [0.05, 0.1) is 26.3 Å². The smallest absolute Gasteiger partial charge is 0.253 e. The molecule has 0 spiro atoms. The molecule has 1 amide bonds. The minimum Gasteiger partial charge on any atom is -0.493 e. The average molecular weight is 290 g/mol. The third-order valence-electron chi connectivity index (χ3n) is 2.99. The number of amides is 1. The number of methoxy groups -OCH3 is 2. The lowest BCUT2D eigenvalue weighted by molar-refractivity contribution is 0.0952. The molecule has 1 heterocycles. The van der Waals surface area contributed by atoms with E-state index < -0.39 is 0 Å². The molecule has 0 saturated carbocycles. The maximum atomic E-state index is 12.1. The molecule has 2 aromatic rings. The molecule has 7 heteroatoms. The zero-order valence-corrected chi connectivity index (χ0v) is 12.0. The van der Waals surface area contributed by atoms with Crippen LogP contribution in [0.3, 0.4) is 0 Å². The van der Waals surface area contributed by atoms with Crippen LogP contribution in [0.1, 0.15) is 10.4 Å². The SMILES string of the molecule is COc1cc(N)c(C(=O)NCCn2cccn2)cc1OC. The Morgan fingerprint density at radius 2 is 2.05 bits per heavy atom. The Morgan fingerprint density at radius 1 is 1.33 bits per heavy atom. The maximum Gasteiger partial charge on any atom is 0.253 e. The number of nitrogen functional groups attached to an aromatic ring is 1. The van der Waals surface area contributed by atoms with E-state index >= 15 is 0 Å². The Bertz CT molecular complexity index is 611. The predicted molar refractivity (Wildman–Crippen MR) is 78.5 cm³/mol. The van der Waals surface area contributed by atoms with E-state index in [0.29, 0.717) is 35.8 Å². The maximum absolute atomic E-state index is 12.1. The minimum absolute atomic E-state index is 0.263. The number of benzene rings is 1. The van der Waals surface area contributed by atoms with Gasteiger partial charge in [-0.1, -0.05) is 0 Å². The molecule has 0 aliphatic carbocycles. The number of aromatic nitrogens is 2. The molecule has 0 saturated heterocycles. The lowest BCUT2D eigenvalue weighted by atomic mass is 10.1. The summed E-state index contributed by atoms with van der Waals surface area (Å²) in [6.45, 7) is 1.04. The lowest BCUT2D eigenvalue weighted by Crippen LogP contribution is -2.28. The summed E-state index contributed by atoms with van der Waals surface area (Å²) in [5.41, 5.74) is 6.57. The van der Waals surface area contributed by atoms with Crippen LogP contribution in [-0.2, 0) is 6.54 Å². The van der Waals surface area contributed by atoms with Crippen molar-refractivity contribution >= 4 is 11.6 Å². The van der Waals surface area contributed by atoms with Crippen molar-refractivity contribution < 1.29 is 14.3 Å². The van der Waals surface area contributed by atoms with E-state index in [9.17, 15) is 4.79 Å². The van der Waals surface area contributed by atoms with Crippen LogP contribution in [0.15, 0.2) is 30.6 Å². The second-order valence-corrected chi connectivity index (χ2v) is 4.32. The topological polar surface area (TPSA) is 91.4 Å². The number of ether oxygens (including phenoxy) is 2. The van der Waals surface area contributed by atoms with Crippen molar-refractivity contribution in [2.45, 2.75) is 6.54 Å². The summed E-state index contributed by atoms with van der Waals surface area (Å²) < 4.78 is 12.0. The standard InChI is InChI=1S/C14H18N4O3/c1-20-12-8-10(11(15)9-13(12)21-2)14(19)16-5-7-18-6-3-4-17-18/h3-4,6,8-9H,5,7,15H2,1-2H3,(H,16,19). The van der Waals surface area contributed by atoms with E-state index in [2.05, 4.69) is 10.4 Å². The van der Waals surface area contributed by atoms with Crippen LogP contribution < -0.4 is 20.5 Å². The number of rotatable bonds is 6. The highest BCUT2D eigenvalue weighted by atomic mass is 16.5. The van der Waals surface area contributed by atoms with E-state index in [1.54, 1.807) is 23.0 Å². The quantitative estimate of drug-likeness (QED) is 0.772. The summed E-state index contributed by atoms with van der Waals surface area (Å²) in [6, 6.07) is 4.97. The summed E-state index contributed by atoms with van der Waals surface area (Å²) in [5.74, 6) is 0.688. The molecule has 0 atom stereocenters. The Kier molecular flexibility index (Phi) is 4.65. The van der Waals surface area contributed by atoms with E-state index in [1.165, 1.54) is 14.2 Å². The minimum atomic E-state index is -0.263. The van der Waals surface area contributed by atoms with Crippen molar-refractivity contribution in [1.29, 1.82) is 0 Å². The number of hydrogen-bond acceptors (Lipinski definition) is 5. The number of nitrogens with zero attached hydrogens (tertiary/aromatic N) is 2. The number of nitrogens with one attached hydrogen (secondary N) is 1. The summed E-state index contributed by atoms with van der Waals surface area (Å²) in [5, 5.41) is 6.85. The third-order valence-corrected chi connectivity index (χ3v) is 2.99.